The molecule has 0 aliphatic carbocycles. The molecule has 0 fully saturated rings. The number of carbonyl (C=O) groups excluding carboxylic acids is 2. The van der Waals surface area contributed by atoms with Crippen molar-refractivity contribution < 1.29 is 9.59 Å². The van der Waals surface area contributed by atoms with E-state index in [-0.39, 0.29) is 18.4 Å². The maximum atomic E-state index is 13.0. The van der Waals surface area contributed by atoms with Crippen LogP contribution in [0.4, 0.5) is 0 Å². The Hall–Kier alpha value is -3.85. The molecule has 1 aliphatic rings. The van der Waals surface area contributed by atoms with Crippen LogP contribution in [0.2, 0.25) is 0 Å². The van der Waals surface area contributed by atoms with E-state index in [9.17, 15) is 9.59 Å². The first-order valence-corrected chi connectivity index (χ1v) is 17.4. The van der Waals surface area contributed by atoms with Gasteiger partial charge in [-0.3, -0.25) is 0 Å². The van der Waals surface area contributed by atoms with E-state index in [1.807, 2.05) is 12.1 Å². The van der Waals surface area contributed by atoms with Gasteiger partial charge in [-0.05, 0) is 0 Å². The molecule has 5 aromatic carbocycles. The van der Waals surface area contributed by atoms with Crippen LogP contribution in [0.25, 0.3) is 0 Å². The average molecular weight is 592 g/mol. The topological polar surface area (TPSA) is 37.4 Å². The molecule has 0 radical (unpaired) electrons. The normalized spacial score (nSPS) is 14.1. The summed E-state index contributed by atoms with van der Waals surface area (Å²) in [6, 6.07) is 47.4. The Kier molecular flexibility index (Phi) is 6.54. The van der Waals surface area contributed by atoms with Crippen LogP contribution in [0.3, 0.4) is 0 Å². The summed E-state index contributed by atoms with van der Waals surface area (Å²) in [6.45, 7) is 0.237. The predicted molar refractivity (Wildman–Crippen MR) is 165 cm³/mol. The molecule has 0 bridgehead atoms. The molecule has 1 aliphatic heterocycles. The summed E-state index contributed by atoms with van der Waals surface area (Å²) in [7, 11) is 0. The van der Waals surface area contributed by atoms with Crippen LogP contribution in [0.15, 0.2) is 140 Å². The van der Waals surface area contributed by atoms with Gasteiger partial charge in [0.05, 0.1) is 0 Å². The Labute approximate surface area is 236 Å². The zero-order valence-electron chi connectivity index (χ0n) is 21.3. The standard InChI is InChI=1S/C34H27BrNO2P/c35-39(28-15-4-1-5-16-28,29-17-6-2-7-18-29,30-19-8-3-9-20-30)25-27-14-12-13-26(23-27)24-36-33(37)31-21-10-11-22-32(31)34(36)38/h1-23H,24-25H2. The van der Waals surface area contributed by atoms with Crippen molar-refractivity contribution in [3.63, 3.8) is 0 Å². The number of halogens is 1. The Balaban J connectivity index is 1.45. The molecule has 0 N–H and O–H groups in total. The fourth-order valence-electron chi connectivity index (χ4n) is 5.67. The van der Waals surface area contributed by atoms with Crippen molar-refractivity contribution in [1.29, 1.82) is 0 Å². The van der Waals surface area contributed by atoms with Crippen LogP contribution in [0, 0.1) is 0 Å². The zero-order valence-corrected chi connectivity index (χ0v) is 23.8. The molecule has 6 rings (SSSR count). The van der Waals surface area contributed by atoms with Gasteiger partial charge in [-0.25, -0.2) is 0 Å². The molecular weight excluding hydrogens is 565 g/mol. The van der Waals surface area contributed by atoms with E-state index in [0.29, 0.717) is 11.1 Å². The van der Waals surface area contributed by atoms with Crippen LogP contribution >= 0.6 is 20.8 Å². The Bertz CT molecular complexity index is 1540. The number of imide groups is 1. The predicted octanol–water partition coefficient (Wildman–Crippen LogP) is 6.82. The van der Waals surface area contributed by atoms with E-state index < -0.39 is 5.31 Å². The second-order valence-electron chi connectivity index (χ2n) is 9.91. The number of benzene rings is 5. The molecule has 0 saturated carbocycles. The first kappa shape index (κ1) is 25.4. The van der Waals surface area contributed by atoms with Gasteiger partial charge in [0.2, 0.25) is 0 Å². The van der Waals surface area contributed by atoms with Crippen molar-refractivity contribution in [3.05, 3.63) is 162 Å². The third-order valence-electron chi connectivity index (χ3n) is 7.57. The number of hydrogen-bond donors (Lipinski definition) is 0. The van der Waals surface area contributed by atoms with Crippen LogP contribution in [-0.4, -0.2) is 16.7 Å². The second-order valence-corrected chi connectivity index (χ2v) is 18.8. The van der Waals surface area contributed by atoms with Gasteiger partial charge in [-0.15, -0.1) is 0 Å². The monoisotopic (exact) mass is 591 g/mol. The Morgan fingerprint density at radius 2 is 0.923 bits per heavy atom. The molecule has 2 amide bonds. The van der Waals surface area contributed by atoms with Gasteiger partial charge in [0.1, 0.15) is 0 Å². The Morgan fingerprint density at radius 3 is 1.38 bits per heavy atom. The molecule has 39 heavy (non-hydrogen) atoms. The van der Waals surface area contributed by atoms with Crippen molar-refractivity contribution in [3.8, 4) is 0 Å². The van der Waals surface area contributed by atoms with Crippen molar-refractivity contribution in [2.45, 2.75) is 12.7 Å². The SMILES string of the molecule is O=C1c2ccccc2C(=O)N1Cc1cccc(CP(Br)(c2ccccc2)(c2ccccc2)c2ccccc2)c1. The van der Waals surface area contributed by atoms with Crippen LogP contribution in [-0.2, 0) is 12.7 Å². The van der Waals surface area contributed by atoms with E-state index >= 15 is 0 Å². The molecular formula is C34H27BrNO2P. The van der Waals surface area contributed by atoms with E-state index in [1.165, 1.54) is 20.8 Å². The van der Waals surface area contributed by atoms with Crippen molar-refractivity contribution in [2.24, 2.45) is 0 Å². The number of amides is 2. The van der Waals surface area contributed by atoms with Gasteiger partial charge in [-0.1, -0.05) is 0 Å². The fraction of sp³-hybridized carbons (Fsp3) is 0.0588. The summed E-state index contributed by atoms with van der Waals surface area (Å²) in [5.74, 6) is -0.474. The maximum absolute atomic E-state index is 13.0. The summed E-state index contributed by atoms with van der Waals surface area (Å²) in [5.41, 5.74) is 3.01. The quantitative estimate of drug-likeness (QED) is 0.154. The summed E-state index contributed by atoms with van der Waals surface area (Å²) in [4.78, 5) is 27.4. The third-order valence-corrected chi connectivity index (χ3v) is 17.1. The zero-order chi connectivity index (χ0) is 26.9. The molecule has 5 heteroatoms. The molecule has 0 aromatic heterocycles. The van der Waals surface area contributed by atoms with E-state index in [0.717, 1.165) is 17.3 Å². The number of carbonyl (C=O) groups is 2. The molecule has 192 valence electrons. The fourth-order valence-corrected chi connectivity index (χ4v) is 13.4. The van der Waals surface area contributed by atoms with Gasteiger partial charge >= 0.3 is 237 Å². The number of hydrogen-bond acceptors (Lipinski definition) is 2. The van der Waals surface area contributed by atoms with Gasteiger partial charge in [0.25, 0.3) is 0 Å². The molecule has 0 unspecified atom stereocenters. The van der Waals surface area contributed by atoms with Crippen molar-refractivity contribution in [2.75, 3.05) is 0 Å². The summed E-state index contributed by atoms with van der Waals surface area (Å²) >= 11 is 4.52. The Morgan fingerprint density at radius 1 is 0.513 bits per heavy atom. The van der Waals surface area contributed by atoms with Crippen LogP contribution in [0.5, 0.6) is 0 Å². The van der Waals surface area contributed by atoms with E-state index in [2.05, 4.69) is 119 Å². The number of rotatable bonds is 7. The van der Waals surface area contributed by atoms with Crippen LogP contribution < -0.4 is 15.9 Å². The van der Waals surface area contributed by atoms with Crippen LogP contribution in [0.1, 0.15) is 31.8 Å². The minimum absolute atomic E-state index is 0.237. The van der Waals surface area contributed by atoms with Crippen molar-refractivity contribution >= 4 is 48.5 Å². The second kappa shape index (κ2) is 10.0. The molecule has 0 spiro atoms. The molecule has 1 heterocycles. The summed E-state index contributed by atoms with van der Waals surface area (Å²) < 4.78 is 0. The molecule has 3 nitrogen and oxygen atoms in total. The molecule has 0 atom stereocenters. The van der Waals surface area contributed by atoms with Gasteiger partial charge < -0.3 is 0 Å². The van der Waals surface area contributed by atoms with E-state index in [1.54, 1.807) is 24.3 Å². The first-order valence-electron chi connectivity index (χ1n) is 12.9. The van der Waals surface area contributed by atoms with Gasteiger partial charge in [-0.2, -0.15) is 0 Å². The molecule has 5 aromatic rings. The molecule has 0 saturated heterocycles. The van der Waals surface area contributed by atoms with Crippen molar-refractivity contribution in [1.82, 2.24) is 4.90 Å². The third kappa shape index (κ3) is 4.25. The number of nitrogens with zero attached hydrogens (tertiary/aromatic N) is 1. The van der Waals surface area contributed by atoms with Gasteiger partial charge in [0, 0.05) is 0 Å². The summed E-state index contributed by atoms with van der Waals surface area (Å²) in [5, 5.41) is 0.559. The minimum atomic E-state index is -3.17. The van der Waals surface area contributed by atoms with Gasteiger partial charge in [0.15, 0.2) is 0 Å². The first-order chi connectivity index (χ1) is 19.0. The average Bonchev–Trinajstić information content (AvgIpc) is 3.23. The van der Waals surface area contributed by atoms with E-state index in [4.69, 9.17) is 0 Å². The summed E-state index contributed by atoms with van der Waals surface area (Å²) in [6.07, 6.45) is 0.736. The number of fused-ring (bicyclic) bond motifs is 1.